The van der Waals surface area contributed by atoms with Crippen LogP contribution in [0.15, 0.2) is 54.6 Å². The van der Waals surface area contributed by atoms with Gasteiger partial charge in [-0.3, -0.25) is 19.7 Å². The number of aromatic nitrogens is 2. The predicted molar refractivity (Wildman–Crippen MR) is 119 cm³/mol. The first kappa shape index (κ1) is 21.5. The number of halogens is 1. The van der Waals surface area contributed by atoms with E-state index in [0.717, 1.165) is 12.8 Å². The van der Waals surface area contributed by atoms with Gasteiger partial charge in [0.2, 0.25) is 5.91 Å². The minimum atomic E-state index is -0.629. The molecule has 3 aromatic rings. The fourth-order valence-electron chi connectivity index (χ4n) is 3.55. The summed E-state index contributed by atoms with van der Waals surface area (Å²) in [5, 5.41) is 21.6. The van der Waals surface area contributed by atoms with Gasteiger partial charge in [0.15, 0.2) is 0 Å². The van der Waals surface area contributed by atoms with Gasteiger partial charge in [-0.25, -0.2) is 4.68 Å². The summed E-state index contributed by atoms with van der Waals surface area (Å²) in [6.07, 6.45) is 2.24. The number of nitro benzene ring substituents is 1. The zero-order chi connectivity index (χ0) is 22.7. The lowest BCUT2D eigenvalue weighted by Crippen LogP contribution is -2.45. The van der Waals surface area contributed by atoms with Crippen molar-refractivity contribution in [1.29, 1.82) is 0 Å². The van der Waals surface area contributed by atoms with Crippen LogP contribution in [0.5, 0.6) is 0 Å². The molecule has 9 nitrogen and oxygen atoms in total. The summed E-state index contributed by atoms with van der Waals surface area (Å²) in [7, 11) is 0. The Morgan fingerprint density at radius 1 is 1.19 bits per heavy atom. The maximum Gasteiger partial charge on any atom is 0.270 e. The number of nitro groups is 1. The van der Waals surface area contributed by atoms with E-state index < -0.39 is 16.9 Å². The first-order chi connectivity index (χ1) is 15.4. The van der Waals surface area contributed by atoms with Crippen molar-refractivity contribution < 1.29 is 14.5 Å². The van der Waals surface area contributed by atoms with Gasteiger partial charge in [0.1, 0.15) is 11.7 Å². The monoisotopic (exact) mass is 453 g/mol. The van der Waals surface area contributed by atoms with Gasteiger partial charge in [-0.05, 0) is 55.7 Å². The highest BCUT2D eigenvalue weighted by molar-refractivity contribution is 6.30. The van der Waals surface area contributed by atoms with E-state index >= 15 is 0 Å². The summed E-state index contributed by atoms with van der Waals surface area (Å²) < 4.78 is 1.45. The zero-order valence-corrected chi connectivity index (χ0v) is 17.7. The average Bonchev–Trinajstić information content (AvgIpc) is 3.14. The van der Waals surface area contributed by atoms with Crippen molar-refractivity contribution in [2.45, 2.75) is 25.3 Å². The molecule has 2 amide bonds. The van der Waals surface area contributed by atoms with E-state index in [0.29, 0.717) is 34.9 Å². The third-order valence-electron chi connectivity index (χ3n) is 5.21. The lowest BCUT2D eigenvalue weighted by atomic mass is 10.1. The molecule has 2 heterocycles. The van der Waals surface area contributed by atoms with Gasteiger partial charge in [-0.15, -0.1) is 0 Å². The van der Waals surface area contributed by atoms with Crippen LogP contribution in [0.2, 0.25) is 5.02 Å². The molecular formula is C22H20ClN5O4. The Morgan fingerprint density at radius 3 is 2.69 bits per heavy atom. The van der Waals surface area contributed by atoms with Gasteiger partial charge in [0.25, 0.3) is 11.6 Å². The standard InChI is InChI=1S/C22H20ClN5O4/c23-15-4-3-5-17(12-15)27-20(22(30)25-18-6-1-2-11-24-21(18)29)13-19(26-27)14-7-9-16(10-8-14)28(31)32/h3-5,7-10,12-13,18H,1-2,6,11H2,(H,24,29)(H,25,30). The molecule has 10 heteroatoms. The van der Waals surface area contributed by atoms with Crippen LogP contribution in [0.1, 0.15) is 29.8 Å². The molecule has 0 radical (unpaired) electrons. The number of hydrogen-bond acceptors (Lipinski definition) is 5. The van der Waals surface area contributed by atoms with Crippen molar-refractivity contribution in [2.75, 3.05) is 6.54 Å². The summed E-state index contributed by atoms with van der Waals surface area (Å²) in [6, 6.07) is 13.7. The van der Waals surface area contributed by atoms with E-state index in [1.807, 2.05) is 0 Å². The number of benzene rings is 2. The molecule has 1 unspecified atom stereocenters. The van der Waals surface area contributed by atoms with Gasteiger partial charge < -0.3 is 10.6 Å². The highest BCUT2D eigenvalue weighted by Gasteiger charge is 2.26. The molecule has 1 fully saturated rings. The number of nitrogens with zero attached hydrogens (tertiary/aromatic N) is 3. The van der Waals surface area contributed by atoms with Crippen LogP contribution in [0, 0.1) is 10.1 Å². The van der Waals surface area contributed by atoms with Crippen LogP contribution in [0.4, 0.5) is 5.69 Å². The molecule has 1 aliphatic heterocycles. The number of hydrogen-bond donors (Lipinski definition) is 2. The molecule has 0 bridgehead atoms. The van der Waals surface area contributed by atoms with Crippen LogP contribution in [-0.4, -0.2) is 39.1 Å². The third kappa shape index (κ3) is 4.62. The summed E-state index contributed by atoms with van der Waals surface area (Å²) >= 11 is 6.13. The van der Waals surface area contributed by atoms with Gasteiger partial charge in [0.05, 0.1) is 16.3 Å². The summed E-state index contributed by atoms with van der Waals surface area (Å²) in [4.78, 5) is 35.9. The maximum atomic E-state index is 13.2. The Kier molecular flexibility index (Phi) is 6.18. The lowest BCUT2D eigenvalue weighted by Gasteiger charge is -2.15. The van der Waals surface area contributed by atoms with Crippen LogP contribution in [-0.2, 0) is 4.79 Å². The van der Waals surface area contributed by atoms with E-state index in [4.69, 9.17) is 11.6 Å². The minimum absolute atomic E-state index is 0.0413. The van der Waals surface area contributed by atoms with Crippen molar-refractivity contribution in [3.8, 4) is 16.9 Å². The Bertz CT molecular complexity index is 1180. The van der Waals surface area contributed by atoms with Crippen molar-refractivity contribution in [2.24, 2.45) is 0 Å². The van der Waals surface area contributed by atoms with Gasteiger partial charge >= 0.3 is 0 Å². The van der Waals surface area contributed by atoms with Crippen molar-refractivity contribution >= 4 is 29.1 Å². The minimum Gasteiger partial charge on any atom is -0.354 e. The van der Waals surface area contributed by atoms with Crippen molar-refractivity contribution in [3.05, 3.63) is 75.4 Å². The Hall–Kier alpha value is -3.72. The predicted octanol–water partition coefficient (Wildman–Crippen LogP) is 3.50. The molecule has 2 aromatic carbocycles. The maximum absolute atomic E-state index is 13.2. The third-order valence-corrected chi connectivity index (χ3v) is 5.44. The topological polar surface area (TPSA) is 119 Å². The smallest absolute Gasteiger partial charge is 0.270 e. The second kappa shape index (κ2) is 9.19. The van der Waals surface area contributed by atoms with E-state index in [-0.39, 0.29) is 17.3 Å². The number of nitrogens with one attached hydrogen (secondary N) is 2. The molecule has 1 aliphatic rings. The van der Waals surface area contributed by atoms with Crippen LogP contribution in [0.25, 0.3) is 16.9 Å². The Balaban J connectivity index is 1.71. The highest BCUT2D eigenvalue weighted by Crippen LogP contribution is 2.25. The van der Waals surface area contributed by atoms with E-state index in [9.17, 15) is 19.7 Å². The summed E-state index contributed by atoms with van der Waals surface area (Å²) in [5.74, 6) is -0.659. The molecule has 1 aromatic heterocycles. The summed E-state index contributed by atoms with van der Waals surface area (Å²) in [5.41, 5.74) is 1.81. The van der Waals surface area contributed by atoms with Crippen LogP contribution < -0.4 is 10.6 Å². The summed E-state index contributed by atoms with van der Waals surface area (Å²) in [6.45, 7) is 0.593. The largest absolute Gasteiger partial charge is 0.354 e. The molecule has 164 valence electrons. The number of carbonyl (C=O) groups is 2. The molecule has 1 atom stereocenters. The molecule has 1 saturated heterocycles. The first-order valence-corrected chi connectivity index (χ1v) is 10.5. The highest BCUT2D eigenvalue weighted by atomic mass is 35.5. The second-order valence-corrected chi connectivity index (χ2v) is 7.86. The van der Waals surface area contributed by atoms with Crippen molar-refractivity contribution in [1.82, 2.24) is 20.4 Å². The fourth-order valence-corrected chi connectivity index (χ4v) is 3.74. The average molecular weight is 454 g/mol. The number of amides is 2. The molecule has 0 saturated carbocycles. The number of carbonyl (C=O) groups excluding carboxylic acids is 2. The second-order valence-electron chi connectivity index (χ2n) is 7.42. The van der Waals surface area contributed by atoms with Gasteiger partial charge in [0, 0.05) is 29.3 Å². The number of non-ortho nitro benzene ring substituents is 1. The first-order valence-electron chi connectivity index (χ1n) is 10.1. The Labute approximate surface area is 188 Å². The van der Waals surface area contributed by atoms with Crippen LogP contribution in [0.3, 0.4) is 0 Å². The quantitative estimate of drug-likeness (QED) is 0.452. The molecule has 4 rings (SSSR count). The molecule has 0 aliphatic carbocycles. The fraction of sp³-hybridized carbons (Fsp3) is 0.227. The molecular weight excluding hydrogens is 434 g/mol. The zero-order valence-electron chi connectivity index (χ0n) is 17.0. The van der Waals surface area contributed by atoms with E-state index in [1.54, 1.807) is 42.5 Å². The molecule has 32 heavy (non-hydrogen) atoms. The van der Waals surface area contributed by atoms with E-state index in [1.165, 1.54) is 16.8 Å². The van der Waals surface area contributed by atoms with Crippen molar-refractivity contribution in [3.63, 3.8) is 0 Å². The van der Waals surface area contributed by atoms with Crippen LogP contribution >= 0.6 is 11.6 Å². The molecule has 2 N–H and O–H groups in total. The Morgan fingerprint density at radius 2 is 1.97 bits per heavy atom. The van der Waals surface area contributed by atoms with Gasteiger partial charge in [-0.2, -0.15) is 5.10 Å². The number of rotatable bonds is 5. The lowest BCUT2D eigenvalue weighted by molar-refractivity contribution is -0.384. The van der Waals surface area contributed by atoms with Gasteiger partial charge in [-0.1, -0.05) is 17.7 Å². The molecule has 0 spiro atoms. The van der Waals surface area contributed by atoms with E-state index in [2.05, 4.69) is 15.7 Å². The SMILES string of the molecule is O=C(NC1CCCCNC1=O)c1cc(-c2ccc([N+](=O)[O-])cc2)nn1-c1cccc(Cl)c1. The normalized spacial score (nSPS) is 16.2.